The van der Waals surface area contributed by atoms with Crippen molar-refractivity contribution in [2.24, 2.45) is 5.92 Å². The van der Waals surface area contributed by atoms with E-state index >= 15 is 0 Å². The van der Waals surface area contributed by atoms with Gasteiger partial charge in [0.2, 0.25) is 11.8 Å². The molecule has 0 bridgehead atoms. The van der Waals surface area contributed by atoms with Crippen molar-refractivity contribution in [3.63, 3.8) is 0 Å². The average Bonchev–Trinajstić information content (AvgIpc) is 2.85. The van der Waals surface area contributed by atoms with E-state index in [9.17, 15) is 14.4 Å². The Hall–Kier alpha value is -2.37. The Morgan fingerprint density at radius 1 is 1.00 bits per heavy atom. The van der Waals surface area contributed by atoms with Crippen molar-refractivity contribution in [2.45, 2.75) is 33.1 Å². The van der Waals surface area contributed by atoms with E-state index < -0.39 is 5.97 Å². The Morgan fingerprint density at radius 3 is 2.20 bits per heavy atom. The Bertz CT molecular complexity index is 625. The minimum atomic E-state index is -0.951. The van der Waals surface area contributed by atoms with Gasteiger partial charge in [0.1, 0.15) is 0 Å². The largest absolute Gasteiger partial charge is 0.478 e. The van der Waals surface area contributed by atoms with Crippen molar-refractivity contribution in [3.05, 3.63) is 35.4 Å². The molecule has 2 amide bonds. The highest BCUT2D eigenvalue weighted by Crippen LogP contribution is 2.11. The smallest absolute Gasteiger partial charge is 0.335 e. The van der Waals surface area contributed by atoms with Crippen molar-refractivity contribution < 1.29 is 19.5 Å². The van der Waals surface area contributed by atoms with Crippen LogP contribution in [0.4, 0.5) is 0 Å². The van der Waals surface area contributed by atoms with Gasteiger partial charge >= 0.3 is 5.97 Å². The molecule has 6 heteroatoms. The van der Waals surface area contributed by atoms with Crippen LogP contribution in [0.3, 0.4) is 0 Å². The molecule has 1 saturated heterocycles. The summed E-state index contributed by atoms with van der Waals surface area (Å²) in [5.41, 5.74) is 1.20. The summed E-state index contributed by atoms with van der Waals surface area (Å²) in [5, 5.41) is 8.90. The molecule has 0 aliphatic carbocycles. The van der Waals surface area contributed by atoms with Gasteiger partial charge < -0.3 is 14.9 Å². The molecule has 1 N–H and O–H groups in total. The third kappa shape index (κ3) is 5.31. The van der Waals surface area contributed by atoms with Crippen molar-refractivity contribution in [1.29, 1.82) is 0 Å². The highest BCUT2D eigenvalue weighted by Gasteiger charge is 2.23. The molecule has 6 nitrogen and oxygen atoms in total. The van der Waals surface area contributed by atoms with Gasteiger partial charge in [-0.15, -0.1) is 0 Å². The first kappa shape index (κ1) is 19.0. The van der Waals surface area contributed by atoms with Gasteiger partial charge in [0.15, 0.2) is 0 Å². The predicted octanol–water partition coefficient (Wildman–Crippen LogP) is 2.03. The number of carboxylic acid groups (broad SMARTS) is 1. The van der Waals surface area contributed by atoms with Gasteiger partial charge in [-0.1, -0.05) is 26.0 Å². The van der Waals surface area contributed by atoms with Crippen molar-refractivity contribution in [1.82, 2.24) is 9.80 Å². The van der Waals surface area contributed by atoms with E-state index in [1.54, 1.807) is 24.3 Å². The van der Waals surface area contributed by atoms with Gasteiger partial charge in [0.05, 0.1) is 5.56 Å². The standard InChI is InChI=1S/C19H26N2O4/c1-14(2)18(23)21-11-3-10-20(12-13-21)17(22)9-6-15-4-7-16(8-5-15)19(24)25/h4-5,7-8,14H,3,6,9-13H2,1-2H3,(H,24,25). The molecule has 1 aromatic carbocycles. The third-order valence-electron chi connectivity index (χ3n) is 4.48. The van der Waals surface area contributed by atoms with Crippen LogP contribution in [0.2, 0.25) is 0 Å². The number of hydrogen-bond acceptors (Lipinski definition) is 3. The second-order valence-electron chi connectivity index (χ2n) is 6.72. The molecule has 0 saturated carbocycles. The second-order valence-corrected chi connectivity index (χ2v) is 6.72. The number of hydrogen-bond donors (Lipinski definition) is 1. The van der Waals surface area contributed by atoms with E-state index in [4.69, 9.17) is 5.11 Å². The summed E-state index contributed by atoms with van der Waals surface area (Å²) in [5.74, 6) is -0.738. The molecule has 0 aromatic heterocycles. The lowest BCUT2D eigenvalue weighted by molar-refractivity contribution is -0.135. The fraction of sp³-hybridized carbons (Fsp3) is 0.526. The minimum Gasteiger partial charge on any atom is -0.478 e. The monoisotopic (exact) mass is 346 g/mol. The van der Waals surface area contributed by atoms with E-state index in [0.29, 0.717) is 39.0 Å². The van der Waals surface area contributed by atoms with Crippen LogP contribution in [0.25, 0.3) is 0 Å². The number of amides is 2. The number of nitrogens with zero attached hydrogens (tertiary/aromatic N) is 2. The molecular weight excluding hydrogens is 320 g/mol. The van der Waals surface area contributed by atoms with Gasteiger partial charge in [0, 0.05) is 38.5 Å². The zero-order chi connectivity index (χ0) is 18.4. The Kier molecular flexibility index (Phi) is 6.56. The molecule has 0 spiro atoms. The Morgan fingerprint density at radius 2 is 1.60 bits per heavy atom. The van der Waals surface area contributed by atoms with E-state index in [1.165, 1.54) is 0 Å². The van der Waals surface area contributed by atoms with Gasteiger partial charge in [-0.25, -0.2) is 4.79 Å². The van der Waals surface area contributed by atoms with E-state index in [1.807, 2.05) is 23.6 Å². The van der Waals surface area contributed by atoms with Crippen LogP contribution in [0.15, 0.2) is 24.3 Å². The lowest BCUT2D eigenvalue weighted by Crippen LogP contribution is -2.39. The molecule has 1 aliphatic rings. The zero-order valence-electron chi connectivity index (χ0n) is 14.9. The predicted molar refractivity (Wildman–Crippen MR) is 94.3 cm³/mol. The van der Waals surface area contributed by atoms with Gasteiger partial charge in [-0.2, -0.15) is 0 Å². The van der Waals surface area contributed by atoms with Crippen LogP contribution >= 0.6 is 0 Å². The van der Waals surface area contributed by atoms with Crippen LogP contribution in [0.5, 0.6) is 0 Å². The molecule has 25 heavy (non-hydrogen) atoms. The maximum Gasteiger partial charge on any atom is 0.335 e. The normalized spacial score (nSPS) is 15.2. The number of rotatable bonds is 5. The first-order valence-corrected chi connectivity index (χ1v) is 8.77. The molecule has 1 heterocycles. The van der Waals surface area contributed by atoms with Crippen LogP contribution in [-0.2, 0) is 16.0 Å². The third-order valence-corrected chi connectivity index (χ3v) is 4.48. The van der Waals surface area contributed by atoms with Crippen molar-refractivity contribution >= 4 is 17.8 Å². The first-order valence-electron chi connectivity index (χ1n) is 8.77. The average molecular weight is 346 g/mol. The first-order chi connectivity index (χ1) is 11.9. The number of benzene rings is 1. The summed E-state index contributed by atoms with van der Waals surface area (Å²) >= 11 is 0. The molecule has 0 radical (unpaired) electrons. The Balaban J connectivity index is 1.84. The Labute approximate surface area is 148 Å². The number of carboxylic acids is 1. The van der Waals surface area contributed by atoms with Gasteiger partial charge in [-0.3, -0.25) is 9.59 Å². The number of aryl methyl sites for hydroxylation is 1. The summed E-state index contributed by atoms with van der Waals surface area (Å²) < 4.78 is 0. The molecule has 0 unspecified atom stereocenters. The summed E-state index contributed by atoms with van der Waals surface area (Å²) in [6, 6.07) is 6.62. The summed E-state index contributed by atoms with van der Waals surface area (Å²) in [4.78, 5) is 39.1. The van der Waals surface area contributed by atoms with Gasteiger partial charge in [0.25, 0.3) is 0 Å². The topological polar surface area (TPSA) is 77.9 Å². The lowest BCUT2D eigenvalue weighted by atomic mass is 10.1. The van der Waals surface area contributed by atoms with Crippen molar-refractivity contribution in [3.8, 4) is 0 Å². The molecule has 0 atom stereocenters. The minimum absolute atomic E-state index is 0.0176. The number of carbonyl (C=O) groups excluding carboxylic acids is 2. The lowest BCUT2D eigenvalue weighted by Gasteiger charge is -2.23. The quantitative estimate of drug-likeness (QED) is 0.885. The molecule has 1 aromatic rings. The van der Waals surface area contributed by atoms with E-state index in [2.05, 4.69) is 0 Å². The molecule has 136 valence electrons. The fourth-order valence-electron chi connectivity index (χ4n) is 2.98. The summed E-state index contributed by atoms with van der Waals surface area (Å²) in [6.45, 7) is 6.35. The SMILES string of the molecule is CC(C)C(=O)N1CCCN(C(=O)CCc2ccc(C(=O)O)cc2)CC1. The van der Waals surface area contributed by atoms with E-state index in [0.717, 1.165) is 12.0 Å². The van der Waals surface area contributed by atoms with E-state index in [-0.39, 0.29) is 23.3 Å². The molecular formula is C19H26N2O4. The summed E-state index contributed by atoms with van der Waals surface area (Å²) in [6.07, 6.45) is 1.78. The van der Waals surface area contributed by atoms with Crippen LogP contribution in [0.1, 0.15) is 42.6 Å². The molecule has 2 rings (SSSR count). The number of carbonyl (C=O) groups is 3. The highest BCUT2D eigenvalue weighted by molar-refractivity contribution is 5.87. The molecule has 1 aliphatic heterocycles. The van der Waals surface area contributed by atoms with Crippen LogP contribution < -0.4 is 0 Å². The van der Waals surface area contributed by atoms with Crippen LogP contribution in [-0.4, -0.2) is 58.9 Å². The van der Waals surface area contributed by atoms with Crippen molar-refractivity contribution in [2.75, 3.05) is 26.2 Å². The second kappa shape index (κ2) is 8.65. The fourth-order valence-corrected chi connectivity index (χ4v) is 2.98. The highest BCUT2D eigenvalue weighted by atomic mass is 16.4. The molecule has 1 fully saturated rings. The zero-order valence-corrected chi connectivity index (χ0v) is 14.9. The number of aromatic carboxylic acids is 1. The van der Waals surface area contributed by atoms with Crippen LogP contribution in [0, 0.1) is 5.92 Å². The maximum atomic E-state index is 12.4. The van der Waals surface area contributed by atoms with Gasteiger partial charge in [-0.05, 0) is 30.5 Å². The summed E-state index contributed by atoms with van der Waals surface area (Å²) in [7, 11) is 0. The maximum absolute atomic E-state index is 12.4.